The summed E-state index contributed by atoms with van der Waals surface area (Å²) in [7, 11) is -2.35. The van der Waals surface area contributed by atoms with Crippen molar-refractivity contribution in [3.8, 4) is 11.1 Å². The van der Waals surface area contributed by atoms with Crippen LogP contribution in [0.1, 0.15) is 10.4 Å². The Hall–Kier alpha value is -1.91. The second-order valence-corrected chi connectivity index (χ2v) is 8.72. The molecule has 2 rings (SSSR count). The molecule has 0 atom stereocenters. The van der Waals surface area contributed by atoms with Crippen molar-refractivity contribution in [1.29, 1.82) is 0 Å². The van der Waals surface area contributed by atoms with Gasteiger partial charge in [-0.25, -0.2) is 4.79 Å². The topological polar surface area (TPSA) is 57.5 Å². The van der Waals surface area contributed by atoms with Crippen molar-refractivity contribution in [2.75, 3.05) is 0 Å². The van der Waals surface area contributed by atoms with E-state index in [1.165, 1.54) is 0 Å². The van der Waals surface area contributed by atoms with E-state index in [1.54, 1.807) is 18.2 Å². The molecule has 98 valence electrons. The predicted molar refractivity (Wildman–Crippen MR) is 78.2 cm³/mol. The zero-order chi connectivity index (χ0) is 14.0. The third kappa shape index (κ3) is 3.10. The van der Waals surface area contributed by atoms with Gasteiger partial charge in [0.05, 0.1) is 5.56 Å². The number of hydrogen-bond donors (Lipinski definition) is 2. The van der Waals surface area contributed by atoms with E-state index in [4.69, 9.17) is 5.11 Å². The van der Waals surface area contributed by atoms with E-state index in [2.05, 4.69) is 0 Å². The maximum absolute atomic E-state index is 11.0. The standard InChI is InChI=1S/C15H16O3Si/c1-19(2,18)14-8-4-6-12(10-14)11-5-3-7-13(9-11)15(16)17/h3-10,18H,1-2H3,(H,16,17). The first-order chi connectivity index (χ1) is 8.88. The number of rotatable bonds is 3. The average molecular weight is 272 g/mol. The van der Waals surface area contributed by atoms with Crippen LogP contribution in [0.3, 0.4) is 0 Å². The van der Waals surface area contributed by atoms with Gasteiger partial charge in [0.25, 0.3) is 0 Å². The lowest BCUT2D eigenvalue weighted by molar-refractivity contribution is 0.0697. The summed E-state index contributed by atoms with van der Waals surface area (Å²) in [5, 5.41) is 9.94. The summed E-state index contributed by atoms with van der Waals surface area (Å²) in [5.41, 5.74) is 2.04. The zero-order valence-electron chi connectivity index (χ0n) is 10.9. The summed E-state index contributed by atoms with van der Waals surface area (Å²) >= 11 is 0. The monoisotopic (exact) mass is 272 g/mol. The van der Waals surface area contributed by atoms with Crippen LogP contribution in [0.4, 0.5) is 0 Å². The summed E-state index contributed by atoms with van der Waals surface area (Å²) in [6.07, 6.45) is 0. The van der Waals surface area contributed by atoms with Gasteiger partial charge in [-0.3, -0.25) is 0 Å². The lowest BCUT2D eigenvalue weighted by Gasteiger charge is -2.15. The molecule has 2 N–H and O–H groups in total. The Morgan fingerprint density at radius 1 is 1.00 bits per heavy atom. The van der Waals surface area contributed by atoms with E-state index in [1.807, 2.05) is 43.4 Å². The molecule has 0 unspecified atom stereocenters. The van der Waals surface area contributed by atoms with Crippen LogP contribution in [0.15, 0.2) is 48.5 Å². The molecule has 0 heterocycles. The van der Waals surface area contributed by atoms with Gasteiger partial charge in [0.1, 0.15) is 0 Å². The molecule has 0 aliphatic heterocycles. The summed E-state index contributed by atoms with van der Waals surface area (Å²) in [5.74, 6) is -0.935. The first-order valence-electron chi connectivity index (χ1n) is 6.04. The van der Waals surface area contributed by atoms with Crippen LogP contribution in [0.2, 0.25) is 13.1 Å². The molecule has 0 aliphatic rings. The molecule has 0 amide bonds. The predicted octanol–water partition coefficient (Wildman–Crippen LogP) is 2.46. The second kappa shape index (κ2) is 4.99. The minimum atomic E-state index is -2.35. The van der Waals surface area contributed by atoms with Crippen molar-refractivity contribution in [2.24, 2.45) is 0 Å². The number of hydrogen-bond acceptors (Lipinski definition) is 2. The minimum Gasteiger partial charge on any atom is -0.478 e. The van der Waals surface area contributed by atoms with Crippen molar-refractivity contribution >= 4 is 19.5 Å². The van der Waals surface area contributed by atoms with Gasteiger partial charge in [0.2, 0.25) is 8.32 Å². The minimum absolute atomic E-state index is 0.267. The second-order valence-electron chi connectivity index (χ2n) is 5.03. The SMILES string of the molecule is C[Si](C)(O)c1cccc(-c2cccc(C(=O)O)c2)c1. The highest BCUT2D eigenvalue weighted by Gasteiger charge is 2.20. The third-order valence-corrected chi connectivity index (χ3v) is 4.74. The fraction of sp³-hybridized carbons (Fsp3) is 0.133. The van der Waals surface area contributed by atoms with Gasteiger partial charge in [-0.05, 0) is 41.5 Å². The van der Waals surface area contributed by atoms with Crippen LogP contribution >= 0.6 is 0 Å². The quantitative estimate of drug-likeness (QED) is 0.844. The molecule has 0 saturated heterocycles. The van der Waals surface area contributed by atoms with Gasteiger partial charge < -0.3 is 9.90 Å². The molecular weight excluding hydrogens is 256 g/mol. The van der Waals surface area contributed by atoms with Gasteiger partial charge >= 0.3 is 5.97 Å². The van der Waals surface area contributed by atoms with E-state index >= 15 is 0 Å². The first-order valence-corrected chi connectivity index (χ1v) is 8.99. The fourth-order valence-corrected chi connectivity index (χ4v) is 2.92. The van der Waals surface area contributed by atoms with Gasteiger partial charge in [0, 0.05) is 0 Å². The molecule has 19 heavy (non-hydrogen) atoms. The number of benzene rings is 2. The fourth-order valence-electron chi connectivity index (χ4n) is 1.91. The number of carboxylic acid groups (broad SMARTS) is 1. The largest absolute Gasteiger partial charge is 0.478 e. The highest BCUT2D eigenvalue weighted by atomic mass is 28.4. The number of aromatic carboxylic acids is 1. The van der Waals surface area contributed by atoms with Crippen molar-refractivity contribution in [3.63, 3.8) is 0 Å². The average Bonchev–Trinajstić information content (AvgIpc) is 2.38. The van der Waals surface area contributed by atoms with Crippen LogP contribution in [-0.4, -0.2) is 24.2 Å². The van der Waals surface area contributed by atoms with Crippen LogP contribution in [-0.2, 0) is 0 Å². The Morgan fingerprint density at radius 2 is 1.58 bits per heavy atom. The van der Waals surface area contributed by atoms with E-state index < -0.39 is 14.3 Å². The molecule has 0 aliphatic carbocycles. The van der Waals surface area contributed by atoms with E-state index in [0.717, 1.165) is 16.3 Å². The van der Waals surface area contributed by atoms with Crippen LogP contribution < -0.4 is 5.19 Å². The lowest BCUT2D eigenvalue weighted by atomic mass is 10.0. The Kier molecular flexibility index (Phi) is 3.55. The molecule has 0 bridgehead atoms. The maximum atomic E-state index is 11.0. The van der Waals surface area contributed by atoms with Crippen molar-refractivity contribution in [3.05, 3.63) is 54.1 Å². The number of carbonyl (C=O) groups is 1. The van der Waals surface area contributed by atoms with Gasteiger partial charge in [0.15, 0.2) is 0 Å². The molecule has 0 aromatic heterocycles. The van der Waals surface area contributed by atoms with Gasteiger partial charge in [-0.1, -0.05) is 36.4 Å². The summed E-state index contributed by atoms with van der Waals surface area (Å²) in [6.45, 7) is 3.72. The zero-order valence-corrected chi connectivity index (χ0v) is 11.9. The Balaban J connectivity index is 2.48. The van der Waals surface area contributed by atoms with Crippen LogP contribution in [0.5, 0.6) is 0 Å². The smallest absolute Gasteiger partial charge is 0.335 e. The first kappa shape index (κ1) is 13.5. The van der Waals surface area contributed by atoms with Crippen molar-refractivity contribution in [2.45, 2.75) is 13.1 Å². The maximum Gasteiger partial charge on any atom is 0.335 e. The van der Waals surface area contributed by atoms with Gasteiger partial charge in [-0.2, -0.15) is 0 Å². The summed E-state index contributed by atoms with van der Waals surface area (Å²) in [6, 6.07) is 14.5. The number of carboxylic acids is 1. The molecule has 2 aromatic carbocycles. The van der Waals surface area contributed by atoms with E-state index in [-0.39, 0.29) is 5.56 Å². The molecule has 0 saturated carbocycles. The molecule has 3 nitrogen and oxygen atoms in total. The summed E-state index contributed by atoms with van der Waals surface area (Å²) in [4.78, 5) is 21.1. The Morgan fingerprint density at radius 3 is 2.16 bits per heavy atom. The normalized spacial score (nSPS) is 11.3. The molecule has 4 heteroatoms. The Labute approximate surface area is 113 Å². The third-order valence-electron chi connectivity index (χ3n) is 3.01. The lowest BCUT2D eigenvalue weighted by Crippen LogP contribution is -2.41. The highest BCUT2D eigenvalue weighted by Crippen LogP contribution is 2.20. The van der Waals surface area contributed by atoms with E-state index in [9.17, 15) is 9.59 Å². The van der Waals surface area contributed by atoms with Crippen LogP contribution in [0, 0.1) is 0 Å². The molecule has 0 fully saturated rings. The van der Waals surface area contributed by atoms with Gasteiger partial charge in [-0.15, -0.1) is 0 Å². The highest BCUT2D eigenvalue weighted by molar-refractivity contribution is 6.83. The molecule has 0 spiro atoms. The summed E-state index contributed by atoms with van der Waals surface area (Å²) < 4.78 is 0. The molecule has 0 radical (unpaired) electrons. The van der Waals surface area contributed by atoms with Crippen molar-refractivity contribution < 1.29 is 14.7 Å². The van der Waals surface area contributed by atoms with E-state index in [0.29, 0.717) is 0 Å². The van der Waals surface area contributed by atoms with Crippen LogP contribution in [0.25, 0.3) is 11.1 Å². The van der Waals surface area contributed by atoms with Crippen molar-refractivity contribution in [1.82, 2.24) is 0 Å². The molecular formula is C15H16O3Si. The Bertz CT molecular complexity index is 615. The molecule has 2 aromatic rings.